The second-order valence-electron chi connectivity index (χ2n) is 9.78. The second kappa shape index (κ2) is 10.6. The predicted molar refractivity (Wildman–Crippen MR) is 136 cm³/mol. The molecule has 1 aliphatic heterocycles. The van der Waals surface area contributed by atoms with Gasteiger partial charge in [-0.05, 0) is 75.1 Å². The molecule has 0 saturated heterocycles. The molecule has 3 N–H and O–H groups in total. The number of fused-ring (bicyclic) bond motifs is 2. The Morgan fingerprint density at radius 1 is 1.26 bits per heavy atom. The summed E-state index contributed by atoms with van der Waals surface area (Å²) in [5, 5.41) is 17.0. The number of nitrogens with zero attached hydrogens (tertiary/aromatic N) is 3. The molecule has 8 nitrogen and oxygen atoms in total. The Hall–Kier alpha value is -3.26. The van der Waals surface area contributed by atoms with Gasteiger partial charge in [0, 0.05) is 30.7 Å². The average molecular weight is 476 g/mol. The Bertz CT molecular complexity index is 1190. The molecule has 1 aromatic carbocycles. The number of nitrogens with one attached hydrogen (secondary N) is 2. The fourth-order valence-corrected chi connectivity index (χ4v) is 4.97. The number of ether oxygens (including phenoxy) is 1. The number of carboxylic acid groups (broad SMARTS) is 1. The van der Waals surface area contributed by atoms with Gasteiger partial charge in [0.1, 0.15) is 24.0 Å². The number of hydrogen-bond acceptors (Lipinski definition) is 7. The van der Waals surface area contributed by atoms with Gasteiger partial charge in [-0.2, -0.15) is 0 Å². The molecule has 3 aromatic rings. The molecule has 184 valence electrons. The van der Waals surface area contributed by atoms with Crippen LogP contribution in [0.1, 0.15) is 48.9 Å². The third kappa shape index (κ3) is 5.70. The maximum absolute atomic E-state index is 11.9. The van der Waals surface area contributed by atoms with Gasteiger partial charge in [-0.1, -0.05) is 17.7 Å². The summed E-state index contributed by atoms with van der Waals surface area (Å²) < 4.78 is 6.00. The molecule has 2 aromatic heterocycles. The molecule has 0 unspecified atom stereocenters. The lowest BCUT2D eigenvalue weighted by Crippen LogP contribution is -2.35. The summed E-state index contributed by atoms with van der Waals surface area (Å²) in [6.45, 7) is 3.41. The van der Waals surface area contributed by atoms with E-state index in [2.05, 4.69) is 32.7 Å². The van der Waals surface area contributed by atoms with E-state index in [1.165, 1.54) is 18.3 Å². The van der Waals surface area contributed by atoms with Crippen LogP contribution < -0.4 is 10.6 Å². The Labute approximate surface area is 205 Å². The molecule has 0 spiro atoms. The second-order valence-corrected chi connectivity index (χ2v) is 9.78. The third-order valence-corrected chi connectivity index (χ3v) is 7.11. The average Bonchev–Trinajstić information content (AvgIpc) is 2.84. The zero-order chi connectivity index (χ0) is 24.2. The first-order valence-corrected chi connectivity index (χ1v) is 12.6. The molecule has 0 amide bonds. The topological polar surface area (TPSA) is 109 Å². The molecule has 0 radical (unpaired) electrons. The van der Waals surface area contributed by atoms with Gasteiger partial charge in [-0.25, -0.2) is 19.7 Å². The van der Waals surface area contributed by atoms with Crippen LogP contribution in [0.15, 0.2) is 36.7 Å². The van der Waals surface area contributed by atoms with E-state index in [0.717, 1.165) is 66.6 Å². The van der Waals surface area contributed by atoms with Gasteiger partial charge >= 0.3 is 5.97 Å². The monoisotopic (exact) mass is 475 g/mol. The highest BCUT2D eigenvalue weighted by Crippen LogP contribution is 2.34. The molecule has 1 fully saturated rings. The number of hydrogen-bond donors (Lipinski definition) is 3. The molecule has 8 heteroatoms. The highest BCUT2D eigenvalue weighted by atomic mass is 16.5. The molecule has 1 aliphatic carbocycles. The largest absolute Gasteiger partial charge is 0.480 e. The van der Waals surface area contributed by atoms with E-state index in [1.54, 1.807) is 0 Å². The lowest BCUT2D eigenvalue weighted by molar-refractivity contribution is -0.138. The molecule has 1 saturated carbocycles. The first-order valence-electron chi connectivity index (χ1n) is 12.6. The van der Waals surface area contributed by atoms with Crippen molar-refractivity contribution in [3.8, 4) is 0 Å². The fraction of sp³-hybridized carbons (Fsp3) is 0.481. The minimum atomic E-state index is -0.911. The summed E-state index contributed by atoms with van der Waals surface area (Å²) in [6, 6.07) is 9.48. The zero-order valence-electron chi connectivity index (χ0n) is 20.2. The van der Waals surface area contributed by atoms with Crippen molar-refractivity contribution in [1.29, 1.82) is 0 Å². The number of anilines is 2. The van der Waals surface area contributed by atoms with E-state index in [9.17, 15) is 9.90 Å². The minimum absolute atomic E-state index is 0.218. The van der Waals surface area contributed by atoms with E-state index in [4.69, 9.17) is 9.72 Å². The van der Waals surface area contributed by atoms with Crippen LogP contribution in [0.2, 0.25) is 0 Å². The number of carboxylic acids is 1. The van der Waals surface area contributed by atoms with Gasteiger partial charge in [0.25, 0.3) is 0 Å². The van der Waals surface area contributed by atoms with Crippen molar-refractivity contribution in [2.45, 2.75) is 64.0 Å². The number of rotatable bonds is 10. The van der Waals surface area contributed by atoms with Crippen LogP contribution in [0.25, 0.3) is 10.9 Å². The number of aliphatic carboxylic acids is 1. The molecule has 5 rings (SSSR count). The van der Waals surface area contributed by atoms with Crippen LogP contribution >= 0.6 is 0 Å². The van der Waals surface area contributed by atoms with Crippen molar-refractivity contribution < 1.29 is 14.6 Å². The molecule has 1 atom stereocenters. The summed E-state index contributed by atoms with van der Waals surface area (Å²) in [6.07, 6.45) is 8.52. The van der Waals surface area contributed by atoms with Crippen LogP contribution in [0.3, 0.4) is 0 Å². The fourth-order valence-electron chi connectivity index (χ4n) is 4.97. The van der Waals surface area contributed by atoms with Gasteiger partial charge in [-0.15, -0.1) is 0 Å². The SMILES string of the molecule is Cc1ccc2ncnc(N[C@@H](CCO[C@H]3C[C@H](CCc4ccc5c(n4)NCCC5)C3)C(=O)O)c2c1. The number of benzene rings is 1. The summed E-state index contributed by atoms with van der Waals surface area (Å²) in [5.74, 6) is 1.34. The Kier molecular flexibility index (Phi) is 7.08. The first kappa shape index (κ1) is 23.5. The predicted octanol–water partition coefficient (Wildman–Crippen LogP) is 4.37. The van der Waals surface area contributed by atoms with Crippen molar-refractivity contribution >= 4 is 28.5 Å². The molecule has 2 aliphatic rings. The first-order chi connectivity index (χ1) is 17.0. The maximum Gasteiger partial charge on any atom is 0.326 e. The van der Waals surface area contributed by atoms with Crippen molar-refractivity contribution in [1.82, 2.24) is 15.0 Å². The number of aromatic nitrogens is 3. The van der Waals surface area contributed by atoms with Crippen molar-refractivity contribution in [3.05, 3.63) is 53.5 Å². The van der Waals surface area contributed by atoms with E-state index >= 15 is 0 Å². The number of pyridine rings is 1. The summed E-state index contributed by atoms with van der Waals surface area (Å²) >= 11 is 0. The van der Waals surface area contributed by atoms with Crippen LogP contribution in [0.5, 0.6) is 0 Å². The van der Waals surface area contributed by atoms with Gasteiger partial charge in [0.15, 0.2) is 0 Å². The maximum atomic E-state index is 11.9. The van der Waals surface area contributed by atoms with Crippen molar-refractivity contribution in [3.63, 3.8) is 0 Å². The van der Waals surface area contributed by atoms with Gasteiger partial charge < -0.3 is 20.5 Å². The normalized spacial score (nSPS) is 19.9. The van der Waals surface area contributed by atoms with Gasteiger partial charge in [0.05, 0.1) is 11.6 Å². The minimum Gasteiger partial charge on any atom is -0.480 e. The molecule has 35 heavy (non-hydrogen) atoms. The Morgan fingerprint density at radius 2 is 2.14 bits per heavy atom. The lowest BCUT2D eigenvalue weighted by Gasteiger charge is -2.35. The smallest absolute Gasteiger partial charge is 0.326 e. The highest BCUT2D eigenvalue weighted by molar-refractivity contribution is 5.91. The van der Waals surface area contributed by atoms with Crippen LogP contribution in [-0.2, 0) is 22.4 Å². The van der Waals surface area contributed by atoms with Crippen LogP contribution in [0, 0.1) is 12.8 Å². The Morgan fingerprint density at radius 3 is 3.00 bits per heavy atom. The third-order valence-electron chi connectivity index (χ3n) is 7.11. The van der Waals surface area contributed by atoms with Crippen LogP contribution in [-0.4, -0.2) is 51.3 Å². The zero-order valence-corrected chi connectivity index (χ0v) is 20.2. The van der Waals surface area contributed by atoms with Crippen molar-refractivity contribution in [2.75, 3.05) is 23.8 Å². The van der Waals surface area contributed by atoms with E-state index in [-0.39, 0.29) is 6.10 Å². The molecular formula is C27H33N5O3. The molecule has 3 heterocycles. The summed E-state index contributed by atoms with van der Waals surface area (Å²) in [7, 11) is 0. The van der Waals surface area contributed by atoms with E-state index in [1.807, 2.05) is 25.1 Å². The van der Waals surface area contributed by atoms with Gasteiger partial charge in [0.2, 0.25) is 0 Å². The van der Waals surface area contributed by atoms with Gasteiger partial charge in [-0.3, -0.25) is 0 Å². The quantitative estimate of drug-likeness (QED) is 0.396. The van der Waals surface area contributed by atoms with E-state index in [0.29, 0.717) is 24.8 Å². The molecule has 0 bridgehead atoms. The number of aryl methyl sites for hydroxylation is 3. The Balaban J connectivity index is 1.06. The summed E-state index contributed by atoms with van der Waals surface area (Å²) in [5.41, 5.74) is 4.35. The lowest BCUT2D eigenvalue weighted by atomic mass is 9.79. The van der Waals surface area contributed by atoms with E-state index < -0.39 is 12.0 Å². The van der Waals surface area contributed by atoms with Crippen molar-refractivity contribution in [2.24, 2.45) is 5.92 Å². The number of carbonyl (C=O) groups is 1. The molecular weight excluding hydrogens is 442 g/mol. The highest BCUT2D eigenvalue weighted by Gasteiger charge is 2.30. The standard InChI is InChI=1S/C27H33N5O3/c1-17-4-9-23-22(13-17)26(30-16-29-23)32-24(27(33)34)10-12-35-21-14-18(15-21)5-7-20-8-6-19-3-2-11-28-25(19)31-20/h4,6,8-9,13,16,18,21,24H,2-3,5,7,10-12,14-15H2,1H3,(H,28,31)(H,33,34)(H,29,30,32)/t18-,21-,24-/m0/s1. The summed E-state index contributed by atoms with van der Waals surface area (Å²) in [4.78, 5) is 25.2. The van der Waals surface area contributed by atoms with Crippen LogP contribution in [0.4, 0.5) is 11.6 Å².